The van der Waals surface area contributed by atoms with E-state index in [2.05, 4.69) is 18.1 Å². The summed E-state index contributed by atoms with van der Waals surface area (Å²) in [5.74, 6) is -0.0445. The van der Waals surface area contributed by atoms with Crippen molar-refractivity contribution < 1.29 is 4.79 Å². The number of rotatable bonds is 6. The molecule has 0 atom stereocenters. The fourth-order valence-corrected chi connectivity index (χ4v) is 2.49. The van der Waals surface area contributed by atoms with E-state index in [1.54, 1.807) is 18.0 Å². The summed E-state index contributed by atoms with van der Waals surface area (Å²) in [4.78, 5) is 17.6. The standard InChI is InChI=1S/C20H22N2O/c1-5-7-8-9-15(3)14-22(4)20(23)18-11-10-16-12-13-21-19(16)17(18)6-2/h5-13,21H,2-3,14H2,1,4H3/b7-5-,9-8-. The lowest BCUT2D eigenvalue weighted by Gasteiger charge is -2.19. The van der Waals surface area contributed by atoms with Crippen molar-refractivity contribution in [3.8, 4) is 0 Å². The Balaban J connectivity index is 2.22. The molecule has 0 unspecified atom stereocenters. The molecule has 3 nitrogen and oxygen atoms in total. The van der Waals surface area contributed by atoms with Gasteiger partial charge in [-0.05, 0) is 24.6 Å². The monoisotopic (exact) mass is 306 g/mol. The minimum atomic E-state index is -0.0445. The third-order valence-electron chi connectivity index (χ3n) is 3.63. The van der Waals surface area contributed by atoms with Gasteiger partial charge in [0.05, 0.1) is 5.52 Å². The first-order chi connectivity index (χ1) is 11.1. The fraction of sp³-hybridized carbons (Fsp3) is 0.150. The van der Waals surface area contributed by atoms with E-state index in [9.17, 15) is 4.79 Å². The normalized spacial score (nSPS) is 11.4. The highest BCUT2D eigenvalue weighted by Crippen LogP contribution is 2.23. The molecular formula is C20H22N2O. The maximum Gasteiger partial charge on any atom is 0.254 e. The smallest absolute Gasteiger partial charge is 0.254 e. The van der Waals surface area contributed by atoms with Gasteiger partial charge in [-0.2, -0.15) is 0 Å². The molecule has 1 aromatic heterocycles. The second kappa shape index (κ2) is 7.45. The number of allylic oxidation sites excluding steroid dienone is 3. The number of H-pyrrole nitrogens is 1. The molecule has 0 saturated heterocycles. The molecule has 1 N–H and O–H groups in total. The van der Waals surface area contributed by atoms with E-state index < -0.39 is 0 Å². The first-order valence-electron chi connectivity index (χ1n) is 7.53. The molecule has 0 aliphatic rings. The number of nitrogens with one attached hydrogen (secondary N) is 1. The number of carbonyl (C=O) groups excluding carboxylic acids is 1. The van der Waals surface area contributed by atoms with Crippen molar-refractivity contribution in [3.05, 3.63) is 78.6 Å². The summed E-state index contributed by atoms with van der Waals surface area (Å²) in [6.45, 7) is 10.3. The number of aromatic nitrogens is 1. The van der Waals surface area contributed by atoms with Gasteiger partial charge in [-0.25, -0.2) is 0 Å². The van der Waals surface area contributed by atoms with E-state index in [0.29, 0.717) is 12.1 Å². The molecule has 118 valence electrons. The van der Waals surface area contributed by atoms with Crippen LogP contribution in [0.25, 0.3) is 17.0 Å². The maximum absolute atomic E-state index is 12.7. The Morgan fingerprint density at radius 1 is 1.30 bits per heavy atom. The Kier molecular flexibility index (Phi) is 5.36. The summed E-state index contributed by atoms with van der Waals surface area (Å²) >= 11 is 0. The van der Waals surface area contributed by atoms with Crippen molar-refractivity contribution in [2.45, 2.75) is 6.92 Å². The molecule has 3 heteroatoms. The van der Waals surface area contributed by atoms with Crippen LogP contribution < -0.4 is 0 Å². The van der Waals surface area contributed by atoms with Crippen molar-refractivity contribution in [1.29, 1.82) is 0 Å². The molecule has 0 aliphatic heterocycles. The predicted octanol–water partition coefficient (Wildman–Crippen LogP) is 4.57. The average Bonchev–Trinajstić information content (AvgIpc) is 3.01. The Morgan fingerprint density at radius 2 is 2.09 bits per heavy atom. The number of amides is 1. The first kappa shape index (κ1) is 16.6. The lowest BCUT2D eigenvalue weighted by atomic mass is 10.0. The fourth-order valence-electron chi connectivity index (χ4n) is 2.49. The highest BCUT2D eigenvalue weighted by atomic mass is 16.2. The van der Waals surface area contributed by atoms with Crippen LogP contribution in [0.1, 0.15) is 22.8 Å². The third kappa shape index (κ3) is 3.69. The molecule has 0 bridgehead atoms. The van der Waals surface area contributed by atoms with Gasteiger partial charge in [-0.3, -0.25) is 4.79 Å². The number of hydrogen-bond donors (Lipinski definition) is 1. The molecule has 0 saturated carbocycles. The van der Waals surface area contributed by atoms with Gasteiger partial charge in [-0.15, -0.1) is 0 Å². The van der Waals surface area contributed by atoms with Crippen LogP contribution in [0.15, 0.2) is 67.4 Å². The topological polar surface area (TPSA) is 36.1 Å². The molecule has 1 amide bonds. The highest BCUT2D eigenvalue weighted by molar-refractivity contribution is 6.03. The molecule has 1 aromatic carbocycles. The lowest BCUT2D eigenvalue weighted by Crippen LogP contribution is -2.28. The quantitative estimate of drug-likeness (QED) is 0.780. The Hall–Kier alpha value is -2.81. The van der Waals surface area contributed by atoms with E-state index in [1.807, 2.05) is 55.6 Å². The summed E-state index contributed by atoms with van der Waals surface area (Å²) in [6.07, 6.45) is 11.3. The largest absolute Gasteiger partial charge is 0.361 e. The zero-order chi connectivity index (χ0) is 16.8. The number of nitrogens with zero attached hydrogens (tertiary/aromatic N) is 1. The van der Waals surface area contributed by atoms with Crippen LogP contribution in [-0.2, 0) is 0 Å². The van der Waals surface area contributed by atoms with Gasteiger partial charge in [0.25, 0.3) is 5.91 Å². The van der Waals surface area contributed by atoms with Crippen molar-refractivity contribution in [2.75, 3.05) is 13.6 Å². The minimum Gasteiger partial charge on any atom is -0.361 e. The zero-order valence-electron chi connectivity index (χ0n) is 13.7. The van der Waals surface area contributed by atoms with E-state index in [4.69, 9.17) is 0 Å². The molecule has 1 heterocycles. The highest BCUT2D eigenvalue weighted by Gasteiger charge is 2.17. The predicted molar refractivity (Wildman–Crippen MR) is 98.4 cm³/mol. The Bertz CT molecular complexity index is 793. The van der Waals surface area contributed by atoms with E-state index in [0.717, 1.165) is 22.0 Å². The van der Waals surface area contributed by atoms with Crippen LogP contribution in [0.2, 0.25) is 0 Å². The lowest BCUT2D eigenvalue weighted by molar-refractivity contribution is 0.0808. The molecule has 0 aliphatic carbocycles. The summed E-state index contributed by atoms with van der Waals surface area (Å²) < 4.78 is 0. The number of likely N-dealkylation sites (N-methyl/N-ethyl adjacent to an activating group) is 1. The van der Waals surface area contributed by atoms with Crippen LogP contribution >= 0.6 is 0 Å². The van der Waals surface area contributed by atoms with Crippen molar-refractivity contribution in [3.63, 3.8) is 0 Å². The van der Waals surface area contributed by atoms with Crippen LogP contribution in [0.5, 0.6) is 0 Å². The minimum absolute atomic E-state index is 0.0445. The second-order valence-electron chi connectivity index (χ2n) is 5.38. The van der Waals surface area contributed by atoms with Gasteiger partial charge >= 0.3 is 0 Å². The molecule has 23 heavy (non-hydrogen) atoms. The van der Waals surface area contributed by atoms with Gasteiger partial charge in [0.2, 0.25) is 0 Å². The van der Waals surface area contributed by atoms with Gasteiger partial charge in [0.15, 0.2) is 0 Å². The summed E-state index contributed by atoms with van der Waals surface area (Å²) in [5.41, 5.74) is 3.29. The Labute approximate surface area is 137 Å². The van der Waals surface area contributed by atoms with E-state index in [-0.39, 0.29) is 5.91 Å². The second-order valence-corrected chi connectivity index (χ2v) is 5.38. The summed E-state index contributed by atoms with van der Waals surface area (Å²) in [7, 11) is 1.78. The van der Waals surface area contributed by atoms with Crippen molar-refractivity contribution in [2.24, 2.45) is 0 Å². The van der Waals surface area contributed by atoms with Crippen molar-refractivity contribution >= 4 is 22.9 Å². The van der Waals surface area contributed by atoms with Crippen LogP contribution in [0, 0.1) is 0 Å². The van der Waals surface area contributed by atoms with Gasteiger partial charge < -0.3 is 9.88 Å². The first-order valence-corrected chi connectivity index (χ1v) is 7.53. The van der Waals surface area contributed by atoms with Crippen molar-refractivity contribution in [1.82, 2.24) is 9.88 Å². The average molecular weight is 306 g/mol. The van der Waals surface area contributed by atoms with Gasteiger partial charge in [0.1, 0.15) is 0 Å². The molecule has 0 spiro atoms. The van der Waals surface area contributed by atoms with Crippen LogP contribution in [0.3, 0.4) is 0 Å². The summed E-state index contributed by atoms with van der Waals surface area (Å²) in [5, 5.41) is 1.07. The molecule has 0 radical (unpaired) electrons. The zero-order valence-corrected chi connectivity index (χ0v) is 13.7. The molecule has 2 aromatic rings. The van der Waals surface area contributed by atoms with Crippen LogP contribution in [0.4, 0.5) is 0 Å². The van der Waals surface area contributed by atoms with Gasteiger partial charge in [-0.1, -0.05) is 49.6 Å². The number of hydrogen-bond acceptors (Lipinski definition) is 1. The van der Waals surface area contributed by atoms with Crippen LogP contribution in [-0.4, -0.2) is 29.4 Å². The van der Waals surface area contributed by atoms with Gasteiger partial charge in [0, 0.05) is 36.3 Å². The molecule has 2 rings (SSSR count). The Morgan fingerprint density at radius 3 is 2.78 bits per heavy atom. The number of aromatic amines is 1. The number of fused-ring (bicyclic) bond motifs is 1. The number of benzene rings is 1. The summed E-state index contributed by atoms with van der Waals surface area (Å²) in [6, 6.07) is 5.78. The molecule has 0 fully saturated rings. The van der Waals surface area contributed by atoms with E-state index >= 15 is 0 Å². The third-order valence-corrected chi connectivity index (χ3v) is 3.63. The molecular weight excluding hydrogens is 284 g/mol. The van der Waals surface area contributed by atoms with E-state index in [1.165, 1.54) is 0 Å². The number of carbonyl (C=O) groups is 1. The SMILES string of the molecule is C=Cc1c(C(=O)N(C)CC(=C)/C=C\C=C/C)ccc2cc[nH]c12. The maximum atomic E-state index is 12.7.